The van der Waals surface area contributed by atoms with Crippen molar-refractivity contribution in [2.45, 2.75) is 12.5 Å². The van der Waals surface area contributed by atoms with Gasteiger partial charge < -0.3 is 5.11 Å². The van der Waals surface area contributed by atoms with Gasteiger partial charge in [0.25, 0.3) is 0 Å². The topological polar surface area (TPSA) is 54.4 Å². The molecule has 0 aromatic heterocycles. The van der Waals surface area contributed by atoms with Crippen molar-refractivity contribution in [2.75, 3.05) is 5.75 Å². The summed E-state index contributed by atoms with van der Waals surface area (Å²) >= 11 is 5.74. The van der Waals surface area contributed by atoms with E-state index in [-0.39, 0.29) is 6.42 Å². The molecule has 84 valence electrons. The molecule has 0 aliphatic rings. The Bertz CT molecular complexity index is 431. The molecule has 0 amide bonds. The molecule has 0 heterocycles. The molecule has 15 heavy (non-hydrogen) atoms. The molecule has 1 aromatic rings. The van der Waals surface area contributed by atoms with E-state index in [1.165, 1.54) is 0 Å². The van der Waals surface area contributed by atoms with Crippen molar-refractivity contribution >= 4 is 31.3 Å². The van der Waals surface area contributed by atoms with E-state index in [0.29, 0.717) is 5.02 Å². The summed E-state index contributed by atoms with van der Waals surface area (Å²) in [6, 6.07) is 6.87. The molecule has 0 spiro atoms. The minimum atomic E-state index is -3.66. The lowest BCUT2D eigenvalue weighted by Gasteiger charge is -2.08. The van der Waals surface area contributed by atoms with Crippen molar-refractivity contribution in [3.63, 3.8) is 0 Å². The fourth-order valence-corrected chi connectivity index (χ4v) is 2.45. The van der Waals surface area contributed by atoms with Crippen molar-refractivity contribution in [3.8, 4) is 0 Å². The summed E-state index contributed by atoms with van der Waals surface area (Å²) < 4.78 is 21.4. The van der Waals surface area contributed by atoms with Crippen LogP contribution in [0.4, 0.5) is 0 Å². The van der Waals surface area contributed by atoms with Crippen LogP contribution in [0.5, 0.6) is 0 Å². The van der Waals surface area contributed by atoms with Crippen molar-refractivity contribution in [3.05, 3.63) is 34.9 Å². The minimum Gasteiger partial charge on any atom is -0.392 e. The second kappa shape index (κ2) is 5.16. The summed E-state index contributed by atoms with van der Waals surface area (Å²) in [6.07, 6.45) is -0.794. The first-order valence-corrected chi connectivity index (χ1v) is 7.07. The maximum Gasteiger partial charge on any atom is 0.235 e. The fourth-order valence-electron chi connectivity index (χ4n) is 1.22. The number of halogens is 2. The van der Waals surface area contributed by atoms with Gasteiger partial charge in [-0.2, -0.15) is 0 Å². The normalized spacial score (nSPS) is 13.8. The monoisotopic (exact) mass is 268 g/mol. The van der Waals surface area contributed by atoms with E-state index in [4.69, 9.17) is 22.3 Å². The number of hydrogen-bond acceptors (Lipinski definition) is 3. The largest absolute Gasteiger partial charge is 0.392 e. The molecule has 1 atom stereocenters. The second-order valence-corrected chi connectivity index (χ2v) is 6.45. The minimum absolute atomic E-state index is 0.215. The smallest absolute Gasteiger partial charge is 0.235 e. The van der Waals surface area contributed by atoms with Gasteiger partial charge in [-0.15, -0.1) is 0 Å². The summed E-state index contributed by atoms with van der Waals surface area (Å²) in [5.41, 5.74) is 0.773. The quantitative estimate of drug-likeness (QED) is 0.848. The highest BCUT2D eigenvalue weighted by molar-refractivity contribution is 8.13. The third-order valence-corrected chi connectivity index (χ3v) is 3.15. The van der Waals surface area contributed by atoms with Gasteiger partial charge in [0.2, 0.25) is 9.05 Å². The Morgan fingerprint density at radius 1 is 1.40 bits per heavy atom. The molecule has 0 bridgehead atoms. The van der Waals surface area contributed by atoms with Gasteiger partial charge in [-0.3, -0.25) is 0 Å². The average Bonchev–Trinajstić information content (AvgIpc) is 1.99. The zero-order valence-electron chi connectivity index (χ0n) is 7.73. The molecular weight excluding hydrogens is 259 g/mol. The summed E-state index contributed by atoms with van der Waals surface area (Å²) in [5.74, 6) is -0.457. The standard InChI is InChI=1S/C9H10Cl2O3S/c10-8-3-1-2-7(4-8)5-9(12)6-15(11,13)14/h1-4,9,12H,5-6H2. The summed E-state index contributed by atoms with van der Waals surface area (Å²) in [5, 5.41) is 9.97. The lowest BCUT2D eigenvalue weighted by Crippen LogP contribution is -2.19. The first kappa shape index (κ1) is 12.8. The molecule has 6 heteroatoms. The lowest BCUT2D eigenvalue weighted by molar-refractivity contribution is 0.198. The Morgan fingerprint density at radius 2 is 2.07 bits per heavy atom. The second-order valence-electron chi connectivity index (χ2n) is 3.19. The van der Waals surface area contributed by atoms with E-state index < -0.39 is 20.9 Å². The van der Waals surface area contributed by atoms with Crippen LogP contribution in [0.2, 0.25) is 5.02 Å². The van der Waals surface area contributed by atoms with Crippen molar-refractivity contribution in [1.29, 1.82) is 0 Å². The van der Waals surface area contributed by atoms with Gasteiger partial charge in [0, 0.05) is 15.7 Å². The van der Waals surface area contributed by atoms with E-state index in [0.717, 1.165) is 5.56 Å². The molecule has 0 aliphatic heterocycles. The van der Waals surface area contributed by atoms with Crippen LogP contribution >= 0.6 is 22.3 Å². The lowest BCUT2D eigenvalue weighted by atomic mass is 10.1. The molecule has 1 N–H and O–H groups in total. The van der Waals surface area contributed by atoms with Crippen molar-refractivity contribution in [1.82, 2.24) is 0 Å². The highest BCUT2D eigenvalue weighted by atomic mass is 35.7. The maximum absolute atomic E-state index is 10.7. The highest BCUT2D eigenvalue weighted by Gasteiger charge is 2.14. The fraction of sp³-hybridized carbons (Fsp3) is 0.333. The summed E-state index contributed by atoms with van der Waals surface area (Å²) in [7, 11) is 1.35. The van der Waals surface area contributed by atoms with Crippen LogP contribution in [0, 0.1) is 0 Å². The van der Waals surface area contributed by atoms with Crippen LogP contribution in [0.3, 0.4) is 0 Å². The number of aliphatic hydroxyl groups excluding tert-OH is 1. The number of hydrogen-bond donors (Lipinski definition) is 1. The van der Waals surface area contributed by atoms with Crippen molar-refractivity contribution < 1.29 is 13.5 Å². The van der Waals surface area contributed by atoms with Crippen molar-refractivity contribution in [2.24, 2.45) is 0 Å². The first-order valence-electron chi connectivity index (χ1n) is 4.21. The Balaban J connectivity index is 2.63. The van der Waals surface area contributed by atoms with Gasteiger partial charge in [0.1, 0.15) is 0 Å². The summed E-state index contributed by atoms with van der Waals surface area (Å²) in [6.45, 7) is 0. The SMILES string of the molecule is O=S(=O)(Cl)CC(O)Cc1cccc(Cl)c1. The van der Waals surface area contributed by atoms with Crippen LogP contribution < -0.4 is 0 Å². The first-order chi connectivity index (χ1) is 6.87. The molecule has 1 aromatic carbocycles. The Hall–Kier alpha value is -0.290. The van der Waals surface area contributed by atoms with Gasteiger partial charge in [-0.05, 0) is 24.1 Å². The van der Waals surface area contributed by atoms with Crippen LogP contribution in [0.25, 0.3) is 0 Å². The number of rotatable bonds is 4. The van der Waals surface area contributed by atoms with E-state index in [1.54, 1.807) is 24.3 Å². The zero-order chi connectivity index (χ0) is 11.5. The third-order valence-electron chi connectivity index (χ3n) is 1.75. The van der Waals surface area contributed by atoms with Gasteiger partial charge >= 0.3 is 0 Å². The summed E-state index contributed by atoms with van der Waals surface area (Å²) in [4.78, 5) is 0. The predicted octanol–water partition coefficient (Wildman–Crippen LogP) is 1.81. The molecule has 0 saturated heterocycles. The van der Waals surface area contributed by atoms with Gasteiger partial charge in [0.15, 0.2) is 0 Å². The van der Waals surface area contributed by atoms with Crippen LogP contribution in [0.15, 0.2) is 24.3 Å². The molecule has 0 saturated carbocycles. The van der Waals surface area contributed by atoms with E-state index >= 15 is 0 Å². The predicted molar refractivity (Wildman–Crippen MR) is 60.8 cm³/mol. The molecule has 1 rings (SSSR count). The van der Waals surface area contributed by atoms with E-state index in [2.05, 4.69) is 0 Å². The molecule has 0 radical (unpaired) electrons. The number of aliphatic hydroxyl groups is 1. The van der Waals surface area contributed by atoms with Crippen LogP contribution in [0.1, 0.15) is 5.56 Å². The van der Waals surface area contributed by atoms with Gasteiger partial charge in [0.05, 0.1) is 11.9 Å². The maximum atomic E-state index is 10.7. The Kier molecular flexibility index (Phi) is 4.40. The molecule has 0 fully saturated rings. The van der Waals surface area contributed by atoms with E-state index in [1.807, 2.05) is 0 Å². The zero-order valence-corrected chi connectivity index (χ0v) is 10.1. The average molecular weight is 269 g/mol. The molecule has 1 unspecified atom stereocenters. The van der Waals surface area contributed by atoms with Gasteiger partial charge in [-0.1, -0.05) is 23.7 Å². The Morgan fingerprint density at radius 3 is 2.60 bits per heavy atom. The highest BCUT2D eigenvalue weighted by Crippen LogP contribution is 2.13. The van der Waals surface area contributed by atoms with E-state index in [9.17, 15) is 13.5 Å². The molecule has 3 nitrogen and oxygen atoms in total. The van der Waals surface area contributed by atoms with Gasteiger partial charge in [-0.25, -0.2) is 8.42 Å². The van der Waals surface area contributed by atoms with Crippen LogP contribution in [-0.4, -0.2) is 25.4 Å². The Labute approximate surface area is 98.1 Å². The number of benzene rings is 1. The molecule has 0 aliphatic carbocycles. The molecular formula is C9H10Cl2O3S. The van der Waals surface area contributed by atoms with Crippen LogP contribution in [-0.2, 0) is 15.5 Å². The third kappa shape index (κ3) is 5.37.